The summed E-state index contributed by atoms with van der Waals surface area (Å²) in [4.78, 5) is 14.0. The predicted molar refractivity (Wildman–Crippen MR) is 71.9 cm³/mol. The maximum atomic E-state index is 12.2. The van der Waals surface area contributed by atoms with E-state index in [9.17, 15) is 9.90 Å². The van der Waals surface area contributed by atoms with Crippen LogP contribution in [0.5, 0.6) is 0 Å². The third kappa shape index (κ3) is 3.20. The number of likely N-dealkylation sites (tertiary alicyclic amines) is 1. The van der Waals surface area contributed by atoms with E-state index in [1.807, 2.05) is 6.92 Å². The van der Waals surface area contributed by atoms with E-state index in [1.165, 1.54) is 0 Å². The summed E-state index contributed by atoms with van der Waals surface area (Å²) in [6, 6.07) is 3.42. The molecule has 1 aromatic rings. The Morgan fingerprint density at radius 3 is 2.58 bits per heavy atom. The van der Waals surface area contributed by atoms with Crippen molar-refractivity contribution >= 4 is 11.7 Å². The fraction of sp³-hybridized carbons (Fsp3) is 0.615. The molecule has 0 aliphatic carbocycles. The topological polar surface area (TPSA) is 78.4 Å². The van der Waals surface area contributed by atoms with Gasteiger partial charge >= 0.3 is 0 Å². The van der Waals surface area contributed by atoms with Crippen LogP contribution in [0, 0.1) is 5.92 Å². The molecule has 1 fully saturated rings. The molecule has 1 amide bonds. The van der Waals surface area contributed by atoms with Gasteiger partial charge in [0.15, 0.2) is 5.69 Å². The number of hydrogen-bond donors (Lipinski definition) is 2. The summed E-state index contributed by atoms with van der Waals surface area (Å²) in [7, 11) is 1.76. The lowest BCUT2D eigenvalue weighted by Crippen LogP contribution is -2.41. The lowest BCUT2D eigenvalue weighted by atomic mass is 9.92. The summed E-state index contributed by atoms with van der Waals surface area (Å²) in [6.45, 7) is 3.15. The average Bonchev–Trinajstić information content (AvgIpc) is 2.46. The summed E-state index contributed by atoms with van der Waals surface area (Å²) < 4.78 is 0. The molecule has 0 spiro atoms. The van der Waals surface area contributed by atoms with E-state index in [1.54, 1.807) is 24.1 Å². The number of carbonyl (C=O) groups is 1. The van der Waals surface area contributed by atoms with Gasteiger partial charge in [-0.1, -0.05) is 0 Å². The van der Waals surface area contributed by atoms with Crippen LogP contribution in [0.2, 0.25) is 0 Å². The highest BCUT2D eigenvalue weighted by atomic mass is 16.3. The van der Waals surface area contributed by atoms with Crippen LogP contribution >= 0.6 is 0 Å². The minimum atomic E-state index is -0.299. The van der Waals surface area contributed by atoms with E-state index < -0.39 is 0 Å². The first kappa shape index (κ1) is 13.7. The maximum absolute atomic E-state index is 12.2. The van der Waals surface area contributed by atoms with Gasteiger partial charge in [-0.25, -0.2) is 0 Å². The lowest BCUT2D eigenvalue weighted by Gasteiger charge is -2.33. The van der Waals surface area contributed by atoms with Crippen LogP contribution in [0.1, 0.15) is 30.3 Å². The Labute approximate surface area is 112 Å². The van der Waals surface area contributed by atoms with Gasteiger partial charge < -0.3 is 15.3 Å². The van der Waals surface area contributed by atoms with Crippen molar-refractivity contribution in [1.29, 1.82) is 0 Å². The molecule has 1 aromatic heterocycles. The summed E-state index contributed by atoms with van der Waals surface area (Å²) in [5.41, 5.74) is 0.370. The van der Waals surface area contributed by atoms with Gasteiger partial charge in [0.1, 0.15) is 5.82 Å². The van der Waals surface area contributed by atoms with Crippen molar-refractivity contribution < 1.29 is 9.90 Å². The number of hydrogen-bond acceptors (Lipinski definition) is 5. The Balaban J connectivity index is 1.97. The Morgan fingerprint density at radius 1 is 1.42 bits per heavy atom. The number of aromatic nitrogens is 2. The number of anilines is 1. The Kier molecular flexibility index (Phi) is 4.31. The zero-order valence-electron chi connectivity index (χ0n) is 11.3. The molecular weight excluding hydrogens is 244 g/mol. The summed E-state index contributed by atoms with van der Waals surface area (Å²) in [5, 5.41) is 20.2. The van der Waals surface area contributed by atoms with Gasteiger partial charge in [-0.2, -0.15) is 0 Å². The van der Waals surface area contributed by atoms with Gasteiger partial charge in [0.25, 0.3) is 5.91 Å². The van der Waals surface area contributed by atoms with Crippen molar-refractivity contribution in [2.75, 3.05) is 25.5 Å². The molecule has 1 saturated heterocycles. The smallest absolute Gasteiger partial charge is 0.274 e. The Morgan fingerprint density at radius 2 is 2.11 bits per heavy atom. The third-order valence-electron chi connectivity index (χ3n) is 3.65. The number of amides is 1. The fourth-order valence-electron chi connectivity index (χ4n) is 2.33. The minimum Gasteiger partial charge on any atom is -0.393 e. The number of aliphatic hydroxyl groups is 1. The van der Waals surface area contributed by atoms with Gasteiger partial charge in [-0.05, 0) is 37.8 Å². The molecule has 1 aliphatic heterocycles. The zero-order valence-corrected chi connectivity index (χ0v) is 11.3. The third-order valence-corrected chi connectivity index (χ3v) is 3.65. The van der Waals surface area contributed by atoms with Gasteiger partial charge in [-0.3, -0.25) is 4.79 Å². The normalized spacial score (nSPS) is 18.2. The number of piperidine rings is 1. The van der Waals surface area contributed by atoms with Crippen molar-refractivity contribution in [1.82, 2.24) is 15.1 Å². The first-order valence-corrected chi connectivity index (χ1v) is 6.60. The molecule has 6 nitrogen and oxygen atoms in total. The summed E-state index contributed by atoms with van der Waals surface area (Å²) >= 11 is 0. The van der Waals surface area contributed by atoms with Crippen molar-refractivity contribution in [3.63, 3.8) is 0 Å². The number of rotatable bonds is 3. The van der Waals surface area contributed by atoms with Gasteiger partial charge in [0.2, 0.25) is 0 Å². The molecule has 1 aliphatic rings. The molecule has 1 unspecified atom stereocenters. The van der Waals surface area contributed by atoms with Crippen LogP contribution in [-0.2, 0) is 0 Å². The van der Waals surface area contributed by atoms with Crippen LogP contribution in [-0.4, -0.2) is 52.4 Å². The van der Waals surface area contributed by atoms with Gasteiger partial charge in [0, 0.05) is 20.1 Å². The van der Waals surface area contributed by atoms with Crippen LogP contribution < -0.4 is 5.32 Å². The van der Waals surface area contributed by atoms with E-state index in [4.69, 9.17) is 0 Å². The molecule has 2 heterocycles. The maximum Gasteiger partial charge on any atom is 0.274 e. The molecular formula is C13H20N4O2. The van der Waals surface area contributed by atoms with E-state index in [2.05, 4.69) is 15.5 Å². The molecule has 0 aromatic carbocycles. The van der Waals surface area contributed by atoms with Crippen LogP contribution in [0.15, 0.2) is 12.1 Å². The van der Waals surface area contributed by atoms with Gasteiger partial charge in [0.05, 0.1) is 6.10 Å². The number of carbonyl (C=O) groups excluding carboxylic acids is 1. The number of nitrogens with zero attached hydrogens (tertiary/aromatic N) is 3. The second-order valence-corrected chi connectivity index (χ2v) is 4.92. The van der Waals surface area contributed by atoms with Gasteiger partial charge in [-0.15, -0.1) is 10.2 Å². The molecule has 1 atom stereocenters. The predicted octanol–water partition coefficient (Wildman–Crippen LogP) is 0.751. The number of nitrogens with one attached hydrogen (secondary N) is 1. The highest BCUT2D eigenvalue weighted by Gasteiger charge is 2.26. The van der Waals surface area contributed by atoms with Crippen molar-refractivity contribution in [3.05, 3.63) is 17.8 Å². The van der Waals surface area contributed by atoms with E-state index in [0.29, 0.717) is 30.5 Å². The van der Waals surface area contributed by atoms with Crippen molar-refractivity contribution in [2.24, 2.45) is 5.92 Å². The second-order valence-electron chi connectivity index (χ2n) is 4.92. The first-order valence-electron chi connectivity index (χ1n) is 6.60. The van der Waals surface area contributed by atoms with Crippen molar-refractivity contribution in [3.8, 4) is 0 Å². The van der Waals surface area contributed by atoms with Crippen LogP contribution in [0.3, 0.4) is 0 Å². The summed E-state index contributed by atoms with van der Waals surface area (Å²) in [6.07, 6.45) is 1.38. The monoisotopic (exact) mass is 264 g/mol. The number of aliphatic hydroxyl groups excluding tert-OH is 1. The minimum absolute atomic E-state index is 0.0841. The zero-order chi connectivity index (χ0) is 13.8. The largest absolute Gasteiger partial charge is 0.393 e. The average molecular weight is 264 g/mol. The highest BCUT2D eigenvalue weighted by molar-refractivity contribution is 5.92. The molecule has 0 bridgehead atoms. The molecule has 19 heavy (non-hydrogen) atoms. The highest BCUT2D eigenvalue weighted by Crippen LogP contribution is 2.21. The molecule has 0 saturated carbocycles. The van der Waals surface area contributed by atoms with Crippen LogP contribution in [0.25, 0.3) is 0 Å². The van der Waals surface area contributed by atoms with Crippen LogP contribution in [0.4, 0.5) is 5.82 Å². The molecule has 2 N–H and O–H groups in total. The SMILES string of the molecule is CNc1ccc(C(=O)N2CCC(C(C)O)CC2)nn1. The molecule has 2 rings (SSSR count). The van der Waals surface area contributed by atoms with E-state index in [0.717, 1.165) is 12.8 Å². The van der Waals surface area contributed by atoms with Crippen molar-refractivity contribution in [2.45, 2.75) is 25.9 Å². The molecule has 104 valence electrons. The first-order chi connectivity index (χ1) is 9.11. The standard InChI is InChI=1S/C13H20N4O2/c1-9(18)10-5-7-17(8-6-10)13(19)11-3-4-12(14-2)16-15-11/h3-4,9-10,18H,5-8H2,1-2H3,(H,14,16). The van der Waals surface area contributed by atoms with E-state index in [-0.39, 0.29) is 12.0 Å². The molecule has 6 heteroatoms. The second kappa shape index (κ2) is 5.97. The fourth-order valence-corrected chi connectivity index (χ4v) is 2.33. The Bertz CT molecular complexity index is 425. The lowest BCUT2D eigenvalue weighted by molar-refractivity contribution is 0.0516. The van der Waals surface area contributed by atoms with E-state index >= 15 is 0 Å². The quantitative estimate of drug-likeness (QED) is 0.842. The Hall–Kier alpha value is -1.69. The molecule has 0 radical (unpaired) electrons. The summed E-state index contributed by atoms with van der Waals surface area (Å²) in [5.74, 6) is 0.852.